The Hall–Kier alpha value is -4.14. The molecule has 0 aliphatic rings. The number of ether oxygens (including phenoxy) is 2. The number of nitrogens with one attached hydrogen (secondary N) is 1. The summed E-state index contributed by atoms with van der Waals surface area (Å²) in [5.41, 5.74) is 5.15. The first kappa shape index (κ1) is 28.9. The average molecular weight is 560 g/mol. The highest BCUT2D eigenvalue weighted by molar-refractivity contribution is 7.91. The molecule has 0 heterocycles. The Morgan fingerprint density at radius 1 is 0.800 bits per heavy atom. The van der Waals surface area contributed by atoms with Crippen molar-refractivity contribution < 1.29 is 27.9 Å². The van der Waals surface area contributed by atoms with Crippen LogP contribution in [-0.4, -0.2) is 33.8 Å². The van der Waals surface area contributed by atoms with Crippen molar-refractivity contribution in [3.05, 3.63) is 114 Å². The molecule has 40 heavy (non-hydrogen) atoms. The molecule has 0 aromatic heterocycles. The maximum absolute atomic E-state index is 14.3. The first-order chi connectivity index (χ1) is 19.4. The van der Waals surface area contributed by atoms with Crippen molar-refractivity contribution in [3.63, 3.8) is 0 Å². The highest BCUT2D eigenvalue weighted by Gasteiger charge is 2.40. The summed E-state index contributed by atoms with van der Waals surface area (Å²) in [4.78, 5) is 13.1. The lowest BCUT2D eigenvalue weighted by atomic mass is 9.91. The van der Waals surface area contributed by atoms with Crippen LogP contribution in [0.4, 0.5) is 0 Å². The Kier molecular flexibility index (Phi) is 9.58. The van der Waals surface area contributed by atoms with E-state index < -0.39 is 26.9 Å². The lowest BCUT2D eigenvalue weighted by Gasteiger charge is -2.27. The van der Waals surface area contributed by atoms with E-state index in [4.69, 9.17) is 9.47 Å². The molecule has 2 N–H and O–H groups in total. The molecule has 2 atom stereocenters. The van der Waals surface area contributed by atoms with Crippen LogP contribution in [0.2, 0.25) is 0 Å². The molecule has 0 aliphatic carbocycles. The van der Waals surface area contributed by atoms with Crippen LogP contribution in [-0.2, 0) is 21.1 Å². The highest BCUT2D eigenvalue weighted by atomic mass is 32.2. The summed E-state index contributed by atoms with van der Waals surface area (Å²) in [6.07, 6.45) is 1.44. The third kappa shape index (κ3) is 6.52. The third-order valence-electron chi connectivity index (χ3n) is 7.00. The monoisotopic (exact) mass is 559 g/mol. The second-order valence-corrected chi connectivity index (χ2v) is 11.5. The van der Waals surface area contributed by atoms with Crippen LogP contribution in [0.25, 0.3) is 11.1 Å². The predicted molar refractivity (Wildman–Crippen MR) is 154 cm³/mol. The summed E-state index contributed by atoms with van der Waals surface area (Å²) in [7, 11) is -1.25. The zero-order chi connectivity index (χ0) is 28.5. The van der Waals surface area contributed by atoms with Gasteiger partial charge in [0, 0.05) is 6.07 Å². The van der Waals surface area contributed by atoms with E-state index in [-0.39, 0.29) is 17.1 Å². The number of carbonyl (C=O) groups excluding carboxylic acids is 1. The Balaban J connectivity index is 1.77. The SMILES string of the molecule is COc1ccc(S(=O)(=O)C(c2ccc(-c3ccccc3)cc2)C(CCCc2ccccc2)C(=O)NO)cc1OC. The van der Waals surface area contributed by atoms with Crippen molar-refractivity contribution in [1.82, 2.24) is 5.48 Å². The van der Waals surface area contributed by atoms with E-state index >= 15 is 0 Å². The van der Waals surface area contributed by atoms with Crippen LogP contribution in [0.3, 0.4) is 0 Å². The van der Waals surface area contributed by atoms with Gasteiger partial charge in [0.25, 0.3) is 0 Å². The summed E-state index contributed by atoms with van der Waals surface area (Å²) >= 11 is 0. The molecular weight excluding hydrogens is 526 g/mol. The highest BCUT2D eigenvalue weighted by Crippen LogP contribution is 2.41. The second kappa shape index (κ2) is 13.3. The Morgan fingerprint density at radius 3 is 2.00 bits per heavy atom. The summed E-state index contributed by atoms with van der Waals surface area (Å²) in [5.74, 6) is -1.17. The largest absolute Gasteiger partial charge is 0.493 e. The number of rotatable bonds is 12. The van der Waals surface area contributed by atoms with Crippen molar-refractivity contribution in [1.29, 1.82) is 0 Å². The maximum Gasteiger partial charge on any atom is 0.248 e. The topological polar surface area (TPSA) is 102 Å². The van der Waals surface area contributed by atoms with Gasteiger partial charge >= 0.3 is 0 Å². The van der Waals surface area contributed by atoms with E-state index in [1.165, 1.54) is 32.4 Å². The molecule has 2 unspecified atom stereocenters. The molecule has 0 bridgehead atoms. The van der Waals surface area contributed by atoms with Gasteiger partial charge in [0.1, 0.15) is 5.25 Å². The molecule has 7 nitrogen and oxygen atoms in total. The number of aryl methyl sites for hydroxylation is 1. The zero-order valence-corrected chi connectivity index (χ0v) is 23.3. The molecule has 4 aromatic rings. The van der Waals surface area contributed by atoms with Crippen molar-refractivity contribution >= 4 is 15.7 Å². The molecule has 0 spiro atoms. The molecule has 4 rings (SSSR count). The van der Waals surface area contributed by atoms with Gasteiger partial charge in [0.2, 0.25) is 5.91 Å². The van der Waals surface area contributed by atoms with Gasteiger partial charge in [-0.1, -0.05) is 84.9 Å². The average Bonchev–Trinajstić information content (AvgIpc) is 3.00. The molecule has 0 aliphatic heterocycles. The first-order valence-corrected chi connectivity index (χ1v) is 14.5. The van der Waals surface area contributed by atoms with Crippen LogP contribution in [0.1, 0.15) is 29.2 Å². The van der Waals surface area contributed by atoms with Gasteiger partial charge in [0.15, 0.2) is 21.3 Å². The van der Waals surface area contributed by atoms with Crippen LogP contribution in [0.5, 0.6) is 11.5 Å². The predicted octanol–water partition coefficient (Wildman–Crippen LogP) is 6.03. The molecule has 0 saturated heterocycles. The van der Waals surface area contributed by atoms with E-state index in [1.807, 2.05) is 72.8 Å². The van der Waals surface area contributed by atoms with Crippen LogP contribution in [0.15, 0.2) is 108 Å². The fraction of sp³-hybridized carbons (Fsp3) is 0.219. The fourth-order valence-corrected chi connectivity index (χ4v) is 6.97. The van der Waals surface area contributed by atoms with Crippen molar-refractivity contribution in [3.8, 4) is 22.6 Å². The molecular formula is C32H33NO6S. The number of carbonyl (C=O) groups is 1. The van der Waals surface area contributed by atoms with Gasteiger partial charge in [-0.05, 0) is 53.6 Å². The molecule has 0 saturated carbocycles. The number of amides is 1. The maximum atomic E-state index is 14.3. The molecule has 1 amide bonds. The minimum Gasteiger partial charge on any atom is -0.493 e. The van der Waals surface area contributed by atoms with Crippen molar-refractivity contribution in [2.24, 2.45) is 5.92 Å². The quantitative estimate of drug-likeness (QED) is 0.162. The minimum absolute atomic E-state index is 0.0129. The van der Waals surface area contributed by atoms with Gasteiger partial charge in [-0.15, -0.1) is 0 Å². The van der Waals surface area contributed by atoms with E-state index in [9.17, 15) is 18.4 Å². The number of methoxy groups -OCH3 is 2. The first-order valence-electron chi connectivity index (χ1n) is 13.0. The van der Waals surface area contributed by atoms with Crippen molar-refractivity contribution in [2.45, 2.75) is 29.4 Å². The van der Waals surface area contributed by atoms with Gasteiger partial charge in [-0.3, -0.25) is 10.0 Å². The van der Waals surface area contributed by atoms with E-state index in [1.54, 1.807) is 17.6 Å². The molecule has 4 aromatic carbocycles. The Labute approximate surface area is 235 Å². The zero-order valence-electron chi connectivity index (χ0n) is 22.5. The Bertz CT molecular complexity index is 1510. The van der Waals surface area contributed by atoms with Gasteiger partial charge in [-0.2, -0.15) is 0 Å². The number of hydrogen-bond donors (Lipinski definition) is 2. The van der Waals surface area contributed by atoms with Gasteiger partial charge in [0.05, 0.1) is 25.0 Å². The number of sulfone groups is 1. The molecule has 208 valence electrons. The molecule has 8 heteroatoms. The smallest absolute Gasteiger partial charge is 0.248 e. The standard InChI is InChI=1S/C32H33NO6S/c1-38-29-21-20-27(22-30(29)39-2)40(36,37)31(26-18-16-25(17-19-26)24-13-7-4-8-14-24)28(32(34)33-35)15-9-12-23-10-5-3-6-11-23/h3-8,10-11,13-14,16-22,28,31,35H,9,12,15H2,1-2H3,(H,33,34). The third-order valence-corrected chi connectivity index (χ3v) is 9.18. The Morgan fingerprint density at radius 2 is 1.40 bits per heavy atom. The molecule has 0 radical (unpaired) electrons. The lowest BCUT2D eigenvalue weighted by molar-refractivity contribution is -0.133. The summed E-state index contributed by atoms with van der Waals surface area (Å²) in [5, 5.41) is 8.40. The second-order valence-electron chi connectivity index (χ2n) is 9.43. The van der Waals surface area contributed by atoms with Crippen LogP contribution < -0.4 is 15.0 Å². The number of benzene rings is 4. The summed E-state index contributed by atoms with van der Waals surface area (Å²) in [6.45, 7) is 0. The molecule has 0 fully saturated rings. The van der Waals surface area contributed by atoms with E-state index in [0.29, 0.717) is 24.2 Å². The fourth-order valence-electron chi connectivity index (χ4n) is 4.94. The van der Waals surface area contributed by atoms with Gasteiger partial charge < -0.3 is 9.47 Å². The van der Waals surface area contributed by atoms with E-state index in [0.717, 1.165) is 16.7 Å². The normalized spacial score (nSPS) is 12.8. The minimum atomic E-state index is -4.15. The van der Waals surface area contributed by atoms with E-state index in [2.05, 4.69) is 0 Å². The van der Waals surface area contributed by atoms with Gasteiger partial charge in [-0.25, -0.2) is 13.9 Å². The summed E-state index contributed by atoms with van der Waals surface area (Å²) in [6, 6.07) is 31.0. The van der Waals surface area contributed by atoms with Crippen LogP contribution in [0, 0.1) is 5.92 Å². The number of hydroxylamine groups is 1. The van der Waals surface area contributed by atoms with Crippen LogP contribution >= 0.6 is 0 Å². The van der Waals surface area contributed by atoms with Crippen molar-refractivity contribution in [2.75, 3.05) is 14.2 Å². The summed E-state index contributed by atoms with van der Waals surface area (Å²) < 4.78 is 39.2. The number of hydrogen-bond acceptors (Lipinski definition) is 6. The lowest BCUT2D eigenvalue weighted by Crippen LogP contribution is -2.35.